The number of fused-ring (bicyclic) bond motifs is 1. The average Bonchev–Trinajstić information content (AvgIpc) is 2.93. The Labute approximate surface area is 175 Å². The number of carbonyl (C=O) groups is 3. The Hall–Kier alpha value is -1.39. The van der Waals surface area contributed by atoms with Crippen molar-refractivity contribution < 1.29 is 23.9 Å². The van der Waals surface area contributed by atoms with Crippen LogP contribution >= 0.6 is 0 Å². The van der Waals surface area contributed by atoms with Crippen LogP contribution in [0.5, 0.6) is 0 Å². The number of ketones is 1. The van der Waals surface area contributed by atoms with Crippen molar-refractivity contribution in [2.75, 3.05) is 6.61 Å². The van der Waals surface area contributed by atoms with Gasteiger partial charge in [-0.2, -0.15) is 0 Å². The fraction of sp³-hybridized carbons (Fsp3) is 0.875. The third kappa shape index (κ3) is 4.25. The number of carbonyl (C=O) groups excluding carboxylic acids is 3. The molecule has 3 rings (SSSR count). The Bertz CT molecular complexity index is 658. The number of Topliss-reactive ketones (excluding diaryl/α,β-unsaturated/α-hetero) is 1. The van der Waals surface area contributed by atoms with E-state index in [0.717, 1.165) is 38.5 Å². The van der Waals surface area contributed by atoms with E-state index in [9.17, 15) is 14.4 Å². The van der Waals surface area contributed by atoms with E-state index in [-0.39, 0.29) is 40.7 Å². The third-order valence-corrected chi connectivity index (χ3v) is 8.62. The summed E-state index contributed by atoms with van der Waals surface area (Å²) in [5.74, 6) is 1.33. The van der Waals surface area contributed by atoms with E-state index >= 15 is 0 Å². The molecule has 0 N–H and O–H groups in total. The lowest BCUT2D eigenvalue weighted by molar-refractivity contribution is -0.176. The minimum absolute atomic E-state index is 0.0275. The Morgan fingerprint density at radius 2 is 1.76 bits per heavy atom. The molecule has 3 aliphatic carbocycles. The van der Waals surface area contributed by atoms with Crippen molar-refractivity contribution in [2.45, 2.75) is 92.1 Å². The molecule has 3 saturated carbocycles. The van der Waals surface area contributed by atoms with Crippen molar-refractivity contribution in [1.29, 1.82) is 0 Å². The topological polar surface area (TPSA) is 69.7 Å². The van der Waals surface area contributed by atoms with Crippen molar-refractivity contribution in [1.82, 2.24) is 0 Å². The number of hydrogen-bond acceptors (Lipinski definition) is 5. The maximum Gasteiger partial charge on any atom is 0.302 e. The SMILES string of the molecule is CC(=O)OCC[C@H]1C[C@@H](C)CC[C@]1(C)C1CC[C@]2(C)C(=O)CCC2[C@@H]1OC(C)=O. The Balaban J connectivity index is 1.88. The zero-order chi connectivity index (χ0) is 21.4. The minimum atomic E-state index is -0.345. The number of ether oxygens (including phenoxy) is 2. The van der Waals surface area contributed by atoms with Crippen LogP contribution in [0.15, 0.2) is 0 Å². The summed E-state index contributed by atoms with van der Waals surface area (Å²) < 4.78 is 11.3. The van der Waals surface area contributed by atoms with Crippen molar-refractivity contribution in [3.8, 4) is 0 Å². The molecule has 0 saturated heterocycles. The molecule has 0 bridgehead atoms. The van der Waals surface area contributed by atoms with Crippen LogP contribution in [0, 0.1) is 34.5 Å². The van der Waals surface area contributed by atoms with Crippen molar-refractivity contribution >= 4 is 17.7 Å². The Kier molecular flexibility index (Phi) is 6.45. The van der Waals surface area contributed by atoms with Gasteiger partial charge in [-0.1, -0.05) is 27.2 Å². The summed E-state index contributed by atoms with van der Waals surface area (Å²) in [7, 11) is 0. The summed E-state index contributed by atoms with van der Waals surface area (Å²) in [5, 5.41) is 0. The predicted octanol–water partition coefficient (Wildman–Crippen LogP) is 4.71. The first-order valence-electron chi connectivity index (χ1n) is 11.4. The van der Waals surface area contributed by atoms with Crippen LogP contribution in [0.2, 0.25) is 0 Å². The zero-order valence-electron chi connectivity index (χ0n) is 18.8. The average molecular weight is 407 g/mol. The lowest BCUT2D eigenvalue weighted by Crippen LogP contribution is -2.54. The van der Waals surface area contributed by atoms with Crippen molar-refractivity contribution in [3.63, 3.8) is 0 Å². The smallest absolute Gasteiger partial charge is 0.302 e. The molecule has 0 heterocycles. The van der Waals surface area contributed by atoms with Gasteiger partial charge in [0.05, 0.1) is 6.61 Å². The molecule has 0 radical (unpaired) electrons. The molecule has 3 aliphatic rings. The highest BCUT2D eigenvalue weighted by atomic mass is 16.5. The Morgan fingerprint density at radius 1 is 1.03 bits per heavy atom. The van der Waals surface area contributed by atoms with Gasteiger partial charge in [0.1, 0.15) is 11.9 Å². The monoisotopic (exact) mass is 406 g/mol. The number of rotatable bonds is 5. The highest BCUT2D eigenvalue weighted by Crippen LogP contribution is 2.60. The molecule has 0 spiro atoms. The summed E-state index contributed by atoms with van der Waals surface area (Å²) in [6, 6.07) is 0. The van der Waals surface area contributed by atoms with Gasteiger partial charge in [-0.15, -0.1) is 0 Å². The molecule has 0 amide bonds. The van der Waals surface area contributed by atoms with E-state index in [1.807, 2.05) is 0 Å². The molecule has 0 aromatic rings. The van der Waals surface area contributed by atoms with Gasteiger partial charge in [0, 0.05) is 37.5 Å². The van der Waals surface area contributed by atoms with Crippen LogP contribution in [-0.2, 0) is 23.9 Å². The van der Waals surface area contributed by atoms with Crippen LogP contribution in [0.1, 0.15) is 86.0 Å². The summed E-state index contributed by atoms with van der Waals surface area (Å²) >= 11 is 0. The third-order valence-electron chi connectivity index (χ3n) is 8.62. The number of esters is 2. The summed E-state index contributed by atoms with van der Waals surface area (Å²) in [4.78, 5) is 35.9. The summed E-state index contributed by atoms with van der Waals surface area (Å²) in [5.41, 5.74) is -0.318. The van der Waals surface area contributed by atoms with E-state index in [2.05, 4.69) is 20.8 Å². The van der Waals surface area contributed by atoms with Gasteiger partial charge in [-0.3, -0.25) is 14.4 Å². The lowest BCUT2D eigenvalue weighted by atomic mass is 9.51. The predicted molar refractivity (Wildman–Crippen MR) is 110 cm³/mol. The first kappa shape index (κ1) is 22.3. The molecule has 0 aliphatic heterocycles. The van der Waals surface area contributed by atoms with Gasteiger partial charge >= 0.3 is 11.9 Å². The second kappa shape index (κ2) is 8.39. The minimum Gasteiger partial charge on any atom is -0.466 e. The number of hydrogen-bond donors (Lipinski definition) is 0. The van der Waals surface area contributed by atoms with Gasteiger partial charge in [0.2, 0.25) is 0 Å². The summed E-state index contributed by atoms with van der Waals surface area (Å²) in [6.07, 6.45) is 7.29. The standard InChI is InChI=1S/C24H38O5/c1-15-8-11-23(4,18(14-15)10-13-28-16(2)25)20-9-12-24(5)19(6-7-21(24)27)22(20)29-17(3)26/h15,18-20,22H,6-14H2,1-5H3/t15-,18-,19?,20?,22-,23-,24-/m0/s1. The highest BCUT2D eigenvalue weighted by molar-refractivity contribution is 5.87. The molecule has 0 aromatic carbocycles. The van der Waals surface area contributed by atoms with E-state index in [1.54, 1.807) is 0 Å². The Morgan fingerprint density at radius 3 is 2.41 bits per heavy atom. The first-order chi connectivity index (χ1) is 13.6. The molecule has 164 valence electrons. The van der Waals surface area contributed by atoms with Gasteiger partial charge < -0.3 is 9.47 Å². The molecule has 3 fully saturated rings. The van der Waals surface area contributed by atoms with Gasteiger partial charge in [-0.25, -0.2) is 0 Å². The molecular formula is C24H38O5. The van der Waals surface area contributed by atoms with Gasteiger partial charge in [0.15, 0.2) is 0 Å². The second-order valence-corrected chi connectivity index (χ2v) is 10.4. The maximum absolute atomic E-state index is 12.6. The van der Waals surface area contributed by atoms with Gasteiger partial charge in [0.25, 0.3) is 0 Å². The van der Waals surface area contributed by atoms with Crippen LogP contribution in [0.3, 0.4) is 0 Å². The van der Waals surface area contributed by atoms with E-state index in [1.165, 1.54) is 20.3 Å². The summed E-state index contributed by atoms with van der Waals surface area (Å²) in [6.45, 7) is 10.1. The van der Waals surface area contributed by atoms with Crippen LogP contribution in [0.4, 0.5) is 0 Å². The van der Waals surface area contributed by atoms with Crippen molar-refractivity contribution in [3.05, 3.63) is 0 Å². The zero-order valence-corrected chi connectivity index (χ0v) is 18.8. The van der Waals surface area contributed by atoms with Crippen LogP contribution in [0.25, 0.3) is 0 Å². The van der Waals surface area contributed by atoms with E-state index in [0.29, 0.717) is 30.6 Å². The second-order valence-electron chi connectivity index (χ2n) is 10.4. The first-order valence-corrected chi connectivity index (χ1v) is 11.4. The largest absolute Gasteiger partial charge is 0.466 e. The molecule has 7 atom stereocenters. The fourth-order valence-electron chi connectivity index (χ4n) is 6.83. The van der Waals surface area contributed by atoms with Crippen LogP contribution < -0.4 is 0 Å². The quantitative estimate of drug-likeness (QED) is 0.619. The maximum atomic E-state index is 12.6. The lowest BCUT2D eigenvalue weighted by Gasteiger charge is -2.55. The molecule has 0 aromatic heterocycles. The molecule has 5 heteroatoms. The molecule has 29 heavy (non-hydrogen) atoms. The van der Waals surface area contributed by atoms with Crippen molar-refractivity contribution in [2.24, 2.45) is 34.5 Å². The van der Waals surface area contributed by atoms with Gasteiger partial charge in [-0.05, 0) is 55.8 Å². The van der Waals surface area contributed by atoms with E-state index < -0.39 is 0 Å². The fourth-order valence-corrected chi connectivity index (χ4v) is 6.83. The van der Waals surface area contributed by atoms with E-state index in [4.69, 9.17) is 9.47 Å². The molecule has 2 unspecified atom stereocenters. The van der Waals surface area contributed by atoms with Crippen LogP contribution in [-0.4, -0.2) is 30.4 Å². The normalized spacial score (nSPS) is 42.2. The highest BCUT2D eigenvalue weighted by Gasteiger charge is 2.59. The molecule has 5 nitrogen and oxygen atoms in total. The molecular weight excluding hydrogens is 368 g/mol.